The van der Waals surface area contributed by atoms with Gasteiger partial charge in [-0.1, -0.05) is 85.3 Å². The quantitative estimate of drug-likeness (QED) is 0.297. The molecule has 1 aliphatic heterocycles. The Balaban J connectivity index is 1.78. The first kappa shape index (κ1) is 26.1. The van der Waals surface area contributed by atoms with Crippen molar-refractivity contribution in [1.82, 2.24) is 15.1 Å². The van der Waals surface area contributed by atoms with Crippen LogP contribution in [0.15, 0.2) is 84.9 Å². The van der Waals surface area contributed by atoms with E-state index in [1.165, 1.54) is 11.8 Å². The van der Waals surface area contributed by atoms with E-state index in [0.29, 0.717) is 10.8 Å². The summed E-state index contributed by atoms with van der Waals surface area (Å²) in [6, 6.07) is 27.4. The Morgan fingerprint density at radius 3 is 2.39 bits per heavy atom. The summed E-state index contributed by atoms with van der Waals surface area (Å²) < 4.78 is 1.79. The first-order valence-corrected chi connectivity index (χ1v) is 14.1. The maximum atomic E-state index is 13.7. The molecule has 5 rings (SSSR count). The van der Waals surface area contributed by atoms with Crippen LogP contribution in [0.5, 0.6) is 0 Å². The topological polar surface area (TPSA) is 67.2 Å². The van der Waals surface area contributed by atoms with Crippen molar-refractivity contribution in [2.75, 3.05) is 17.2 Å². The molecule has 4 aromatic rings. The zero-order valence-corrected chi connectivity index (χ0v) is 22.9. The third-order valence-electron chi connectivity index (χ3n) is 6.65. The Morgan fingerprint density at radius 1 is 1.05 bits per heavy atom. The molecule has 0 aliphatic carbocycles. The van der Waals surface area contributed by atoms with E-state index in [1.54, 1.807) is 9.58 Å². The van der Waals surface area contributed by atoms with Crippen molar-refractivity contribution in [3.8, 4) is 16.9 Å². The number of thioether (sulfide) groups is 1. The Kier molecular flexibility index (Phi) is 7.86. The largest absolute Gasteiger partial charge is 0.352 e. The number of benzene rings is 3. The maximum Gasteiger partial charge on any atom is 0.240 e. The van der Waals surface area contributed by atoms with Crippen molar-refractivity contribution in [3.05, 3.63) is 101 Å². The number of aromatic nitrogens is 2. The zero-order chi connectivity index (χ0) is 26.6. The number of amides is 2. The number of para-hydroxylation sites is 1. The maximum absolute atomic E-state index is 13.7. The van der Waals surface area contributed by atoms with Crippen LogP contribution < -0.4 is 10.2 Å². The van der Waals surface area contributed by atoms with E-state index in [1.807, 2.05) is 98.8 Å². The second-order valence-corrected chi connectivity index (χ2v) is 10.8. The molecule has 2 amide bonds. The molecule has 38 heavy (non-hydrogen) atoms. The number of rotatable bonds is 7. The van der Waals surface area contributed by atoms with E-state index in [0.717, 1.165) is 34.5 Å². The monoisotopic (exact) mass is 544 g/mol. The average molecular weight is 545 g/mol. The lowest BCUT2D eigenvalue weighted by Gasteiger charge is -2.24. The van der Waals surface area contributed by atoms with Crippen LogP contribution in [0.25, 0.3) is 16.9 Å². The van der Waals surface area contributed by atoms with E-state index in [9.17, 15) is 9.59 Å². The summed E-state index contributed by atoms with van der Waals surface area (Å²) in [5, 5.41) is 8.45. The van der Waals surface area contributed by atoms with E-state index < -0.39 is 0 Å². The molecule has 3 aromatic carbocycles. The van der Waals surface area contributed by atoms with Crippen LogP contribution in [0.3, 0.4) is 0 Å². The van der Waals surface area contributed by atoms with Crippen LogP contribution in [0.2, 0.25) is 5.02 Å². The van der Waals surface area contributed by atoms with Crippen molar-refractivity contribution in [1.29, 1.82) is 0 Å². The first-order chi connectivity index (χ1) is 18.5. The molecule has 0 saturated carbocycles. The number of nitrogens with zero attached hydrogens (tertiary/aromatic N) is 3. The fourth-order valence-corrected chi connectivity index (χ4v) is 6.12. The Bertz CT molecular complexity index is 1440. The molecule has 0 radical (unpaired) electrons. The Labute approximate surface area is 232 Å². The van der Waals surface area contributed by atoms with Crippen LogP contribution >= 0.6 is 23.4 Å². The van der Waals surface area contributed by atoms with E-state index in [4.69, 9.17) is 16.7 Å². The summed E-state index contributed by atoms with van der Waals surface area (Å²) in [6.07, 6.45) is 0.801. The van der Waals surface area contributed by atoms with Crippen molar-refractivity contribution < 1.29 is 9.59 Å². The number of hydrogen-bond donors (Lipinski definition) is 1. The fourth-order valence-electron chi connectivity index (χ4n) is 4.58. The van der Waals surface area contributed by atoms with Gasteiger partial charge in [0.15, 0.2) is 0 Å². The minimum Gasteiger partial charge on any atom is -0.352 e. The Hall–Kier alpha value is -3.55. The number of nitrogens with one attached hydrogen (secondary N) is 1. The molecule has 2 heterocycles. The predicted molar refractivity (Wildman–Crippen MR) is 155 cm³/mol. The summed E-state index contributed by atoms with van der Waals surface area (Å²) in [5.41, 5.74) is 4.25. The van der Waals surface area contributed by atoms with Gasteiger partial charge in [-0.15, -0.1) is 11.8 Å². The molecule has 0 spiro atoms. The molecule has 8 heteroatoms. The third kappa shape index (κ3) is 5.22. The van der Waals surface area contributed by atoms with Gasteiger partial charge in [0, 0.05) is 22.2 Å². The molecule has 0 fully saturated rings. The highest BCUT2D eigenvalue weighted by Gasteiger charge is 2.38. The number of carbonyl (C=O) groups is 2. The van der Waals surface area contributed by atoms with Crippen molar-refractivity contribution in [2.45, 2.75) is 31.6 Å². The fraction of sp³-hybridized carbons (Fsp3) is 0.233. The lowest BCUT2D eigenvalue weighted by molar-refractivity contribution is -0.123. The van der Waals surface area contributed by atoms with Gasteiger partial charge >= 0.3 is 0 Å². The van der Waals surface area contributed by atoms with Gasteiger partial charge < -0.3 is 5.32 Å². The summed E-state index contributed by atoms with van der Waals surface area (Å²) in [5.74, 6) is 0.433. The lowest BCUT2D eigenvalue weighted by Crippen LogP contribution is -2.44. The van der Waals surface area contributed by atoms with Gasteiger partial charge in [0.1, 0.15) is 12.4 Å². The zero-order valence-electron chi connectivity index (χ0n) is 21.3. The van der Waals surface area contributed by atoms with Gasteiger partial charge in [0.05, 0.1) is 22.4 Å². The number of carbonyl (C=O) groups excluding carboxylic acids is 2. The second kappa shape index (κ2) is 11.5. The van der Waals surface area contributed by atoms with E-state index >= 15 is 0 Å². The Morgan fingerprint density at radius 2 is 1.71 bits per heavy atom. The second-order valence-electron chi connectivity index (χ2n) is 9.27. The van der Waals surface area contributed by atoms with Crippen molar-refractivity contribution >= 4 is 41.0 Å². The lowest BCUT2D eigenvalue weighted by atomic mass is 9.99. The smallest absolute Gasteiger partial charge is 0.240 e. The van der Waals surface area contributed by atoms with Crippen molar-refractivity contribution in [3.63, 3.8) is 0 Å². The van der Waals surface area contributed by atoms with Gasteiger partial charge in [-0.2, -0.15) is 5.10 Å². The SMILES string of the molecule is CC[C@@H](C)NC(=O)CN1C(=O)CS[C@@H](c2ccccc2Cl)c2c(-c3ccccc3)nn(-c3ccccc3)c21. The first-order valence-electron chi connectivity index (χ1n) is 12.7. The van der Waals surface area contributed by atoms with E-state index in [-0.39, 0.29) is 35.4 Å². The van der Waals surface area contributed by atoms with Gasteiger partial charge in [-0.25, -0.2) is 4.68 Å². The molecular formula is C30H29ClN4O2S. The van der Waals surface area contributed by atoms with Crippen LogP contribution in [-0.2, 0) is 9.59 Å². The van der Waals surface area contributed by atoms with Crippen LogP contribution in [0, 0.1) is 0 Å². The molecule has 1 aromatic heterocycles. The summed E-state index contributed by atoms with van der Waals surface area (Å²) >= 11 is 8.23. The molecular weight excluding hydrogens is 516 g/mol. The minimum absolute atomic E-state index is 0.00760. The average Bonchev–Trinajstić information content (AvgIpc) is 3.27. The molecule has 0 unspecified atom stereocenters. The molecule has 0 saturated heterocycles. The number of hydrogen-bond acceptors (Lipinski definition) is 4. The molecule has 0 bridgehead atoms. The third-order valence-corrected chi connectivity index (χ3v) is 8.23. The van der Waals surface area contributed by atoms with E-state index in [2.05, 4.69) is 5.32 Å². The minimum atomic E-state index is -0.266. The summed E-state index contributed by atoms with van der Waals surface area (Å²) in [4.78, 5) is 28.4. The molecule has 1 N–H and O–H groups in total. The highest BCUT2D eigenvalue weighted by molar-refractivity contribution is 8.00. The highest BCUT2D eigenvalue weighted by Crippen LogP contribution is 2.49. The van der Waals surface area contributed by atoms with Crippen molar-refractivity contribution in [2.24, 2.45) is 0 Å². The summed E-state index contributed by atoms with van der Waals surface area (Å²) in [7, 11) is 0. The summed E-state index contributed by atoms with van der Waals surface area (Å²) in [6.45, 7) is 3.87. The molecule has 2 atom stereocenters. The highest BCUT2D eigenvalue weighted by atomic mass is 35.5. The standard InChI is InChI=1S/C30H29ClN4O2S/c1-3-20(2)32-25(36)18-34-26(37)19-38-29(23-16-10-11-17-24(23)31)27-28(21-12-6-4-7-13-21)33-35(30(27)34)22-14-8-5-9-15-22/h4-17,20,29H,3,18-19H2,1-2H3,(H,32,36)/t20-,29+/m1/s1. The van der Waals surface area contributed by atoms with Crippen LogP contribution in [-0.4, -0.2) is 39.9 Å². The number of anilines is 1. The van der Waals surface area contributed by atoms with Gasteiger partial charge in [0.25, 0.3) is 0 Å². The molecule has 1 aliphatic rings. The predicted octanol–water partition coefficient (Wildman–Crippen LogP) is 6.28. The molecule has 6 nitrogen and oxygen atoms in total. The normalized spacial score (nSPS) is 16.0. The van der Waals surface area contributed by atoms with Gasteiger partial charge in [-0.05, 0) is 37.1 Å². The number of fused-ring (bicyclic) bond motifs is 1. The van der Waals surface area contributed by atoms with Gasteiger partial charge in [0.2, 0.25) is 11.8 Å². The molecule has 194 valence electrons. The van der Waals surface area contributed by atoms with Crippen LogP contribution in [0.1, 0.15) is 36.6 Å². The number of halogens is 1. The van der Waals surface area contributed by atoms with Crippen LogP contribution in [0.4, 0.5) is 5.82 Å². The van der Waals surface area contributed by atoms with Gasteiger partial charge in [-0.3, -0.25) is 14.5 Å².